The zero-order chi connectivity index (χ0) is 22.1. The molecule has 0 saturated carbocycles. The van der Waals surface area contributed by atoms with Crippen molar-refractivity contribution in [3.63, 3.8) is 0 Å². The second-order valence-corrected chi connectivity index (χ2v) is 9.41. The number of aromatic nitrogens is 1. The summed E-state index contributed by atoms with van der Waals surface area (Å²) in [6, 6.07) is 6.86. The van der Waals surface area contributed by atoms with Gasteiger partial charge in [0.15, 0.2) is 11.1 Å². The minimum atomic E-state index is -3.97. The van der Waals surface area contributed by atoms with Crippen LogP contribution in [0.5, 0.6) is 11.5 Å². The van der Waals surface area contributed by atoms with Crippen LogP contribution < -0.4 is 9.47 Å². The van der Waals surface area contributed by atoms with E-state index in [9.17, 15) is 32.8 Å². The molecule has 11 nitrogen and oxygen atoms in total. The first-order valence-electron chi connectivity index (χ1n) is 8.63. The molecule has 0 bridgehead atoms. The van der Waals surface area contributed by atoms with Gasteiger partial charge in [-0.1, -0.05) is 6.07 Å². The van der Waals surface area contributed by atoms with Crippen LogP contribution in [-0.4, -0.2) is 67.8 Å². The van der Waals surface area contributed by atoms with E-state index in [2.05, 4.69) is 0 Å². The molecule has 1 saturated heterocycles. The molecule has 1 aromatic carbocycles. The molecule has 2 aromatic rings. The van der Waals surface area contributed by atoms with Crippen molar-refractivity contribution in [3.8, 4) is 11.5 Å². The third kappa shape index (κ3) is 4.38. The van der Waals surface area contributed by atoms with Gasteiger partial charge < -0.3 is 19.5 Å². The molecule has 1 aromatic heterocycles. The van der Waals surface area contributed by atoms with Crippen LogP contribution in [0.15, 0.2) is 41.6 Å². The Morgan fingerprint density at radius 2 is 1.97 bits per heavy atom. The summed E-state index contributed by atoms with van der Waals surface area (Å²) in [5.74, 6) is -2.34. The highest BCUT2D eigenvalue weighted by Crippen LogP contribution is 2.34. The number of hydrogen-bond donors (Lipinski definition) is 4. The number of nitrogens with zero attached hydrogens (tertiary/aromatic N) is 2. The number of aryl methyl sites for hydroxylation is 1. The highest BCUT2D eigenvalue weighted by atomic mass is 32.2. The summed E-state index contributed by atoms with van der Waals surface area (Å²) in [5, 5.41) is 29.0. The summed E-state index contributed by atoms with van der Waals surface area (Å²) in [5.41, 5.74) is -0.328. The molecular weight excluding hydrogens is 440 g/mol. The van der Waals surface area contributed by atoms with Crippen molar-refractivity contribution in [1.29, 1.82) is 0 Å². The molecule has 162 valence electrons. The molecule has 0 aliphatic carbocycles. The summed E-state index contributed by atoms with van der Waals surface area (Å²) in [6.07, 6.45) is 0.503. The Balaban J connectivity index is 1.74. The number of carboxylic acids is 1. The Kier molecular flexibility index (Phi) is 6.26. The Bertz CT molecular complexity index is 1100. The quantitative estimate of drug-likeness (QED) is 0.238. The second-order valence-electron chi connectivity index (χ2n) is 6.47. The molecule has 3 rings (SSSR count). The number of benzene rings is 1. The van der Waals surface area contributed by atoms with Crippen molar-refractivity contribution in [2.45, 2.75) is 17.6 Å². The molecule has 1 fully saturated rings. The first-order valence-corrected chi connectivity index (χ1v) is 11.3. The zero-order valence-corrected chi connectivity index (χ0v) is 17.0. The molecule has 1 atom stereocenters. The van der Waals surface area contributed by atoms with Crippen LogP contribution in [0.2, 0.25) is 0 Å². The standard InChI is InChI=1S/C17H18N2O9S2/c20-16-11(6-8-29(24)25)4-5-13(15(16)17(21)22)28-12-9-18(10-12)30(26,27)14-3-1-2-7-19(14)23/h1-5,7,12H,6,8-10H2,(H3-,20,21,22,23,24,25)/p+1. The number of phenols is 1. The third-order valence-electron chi connectivity index (χ3n) is 4.50. The van der Waals surface area contributed by atoms with Gasteiger partial charge >= 0.3 is 21.0 Å². The number of hydrogen-bond acceptors (Lipinski definition) is 7. The smallest absolute Gasteiger partial charge is 0.361 e. The van der Waals surface area contributed by atoms with Gasteiger partial charge in [-0.25, -0.2) is 17.4 Å². The number of sulfonamides is 1. The number of carbonyl (C=O) groups is 1. The van der Waals surface area contributed by atoms with Crippen molar-refractivity contribution in [2.75, 3.05) is 18.8 Å². The average molecular weight is 459 g/mol. The fourth-order valence-electron chi connectivity index (χ4n) is 2.93. The van der Waals surface area contributed by atoms with Gasteiger partial charge in [0.2, 0.25) is 6.20 Å². The maximum absolute atomic E-state index is 12.5. The van der Waals surface area contributed by atoms with Crippen molar-refractivity contribution in [3.05, 3.63) is 47.7 Å². The number of aromatic carboxylic acids is 1. The summed E-state index contributed by atoms with van der Waals surface area (Å²) in [6.45, 7) is -0.162. The lowest BCUT2D eigenvalue weighted by Crippen LogP contribution is -2.57. The van der Waals surface area contributed by atoms with Gasteiger partial charge in [0.1, 0.15) is 23.2 Å². The predicted molar refractivity (Wildman–Crippen MR) is 101 cm³/mol. The van der Waals surface area contributed by atoms with Crippen molar-refractivity contribution in [2.24, 2.45) is 0 Å². The molecule has 1 aliphatic rings. The number of rotatable bonds is 8. The van der Waals surface area contributed by atoms with Crippen LogP contribution in [0, 0.1) is 0 Å². The van der Waals surface area contributed by atoms with E-state index < -0.39 is 44.5 Å². The van der Waals surface area contributed by atoms with Crippen LogP contribution in [0.1, 0.15) is 15.9 Å². The average Bonchev–Trinajstić information content (AvgIpc) is 2.63. The Morgan fingerprint density at radius 3 is 2.57 bits per heavy atom. The maximum atomic E-state index is 12.5. The number of carboxylic acid groups (broad SMARTS) is 1. The molecule has 1 aliphatic heterocycles. The highest BCUT2D eigenvalue weighted by Gasteiger charge is 2.43. The lowest BCUT2D eigenvalue weighted by molar-refractivity contribution is -0.933. The molecule has 13 heteroatoms. The van der Waals surface area contributed by atoms with Gasteiger partial charge in [-0.05, 0) is 24.1 Å². The van der Waals surface area contributed by atoms with E-state index in [1.54, 1.807) is 0 Å². The van der Waals surface area contributed by atoms with E-state index in [1.807, 2.05) is 0 Å². The van der Waals surface area contributed by atoms with Crippen LogP contribution in [-0.2, 0) is 27.5 Å². The van der Waals surface area contributed by atoms with Gasteiger partial charge in [-0.3, -0.25) is 5.21 Å². The van der Waals surface area contributed by atoms with Crippen LogP contribution in [0.4, 0.5) is 0 Å². The highest BCUT2D eigenvalue weighted by molar-refractivity contribution is 7.89. The molecular formula is C17H19N2O9S2+. The topological polar surface area (TPSA) is 166 Å². The Labute approximate surface area is 174 Å². The van der Waals surface area contributed by atoms with Gasteiger partial charge in [0.05, 0.1) is 18.8 Å². The zero-order valence-electron chi connectivity index (χ0n) is 15.4. The Hall–Kier alpha value is -2.74. The maximum Gasteiger partial charge on any atom is 0.361 e. The SMILES string of the molecule is O=C(O)c1c(OC2CN(S(=O)(=O)c3cccc[n+]3O)C2)ccc(CCS(=O)O)c1O. The van der Waals surface area contributed by atoms with Crippen molar-refractivity contribution < 1.29 is 46.9 Å². The van der Waals surface area contributed by atoms with E-state index in [-0.39, 0.29) is 41.6 Å². The van der Waals surface area contributed by atoms with Crippen LogP contribution in [0.3, 0.4) is 0 Å². The van der Waals surface area contributed by atoms with Gasteiger partial charge in [0, 0.05) is 16.9 Å². The van der Waals surface area contributed by atoms with Crippen LogP contribution in [0.25, 0.3) is 0 Å². The van der Waals surface area contributed by atoms with Crippen LogP contribution >= 0.6 is 0 Å². The van der Waals surface area contributed by atoms with E-state index >= 15 is 0 Å². The summed E-state index contributed by atoms with van der Waals surface area (Å²) in [7, 11) is -3.97. The van der Waals surface area contributed by atoms with E-state index in [1.165, 1.54) is 36.5 Å². The van der Waals surface area contributed by atoms with Crippen molar-refractivity contribution >= 4 is 27.1 Å². The van der Waals surface area contributed by atoms with Gasteiger partial charge in [-0.2, -0.15) is 4.31 Å². The van der Waals surface area contributed by atoms with E-state index in [4.69, 9.17) is 9.29 Å². The fourth-order valence-corrected chi connectivity index (χ4v) is 4.86. The lowest BCUT2D eigenvalue weighted by Gasteiger charge is -2.36. The number of ether oxygens (including phenoxy) is 1. The molecule has 0 amide bonds. The minimum absolute atomic E-state index is 0.0107. The van der Waals surface area contributed by atoms with E-state index in [0.717, 1.165) is 4.31 Å². The fraction of sp³-hybridized carbons (Fsp3) is 0.294. The molecule has 30 heavy (non-hydrogen) atoms. The normalized spacial score (nSPS) is 16.0. The number of aromatic hydroxyl groups is 1. The minimum Gasteiger partial charge on any atom is -0.507 e. The Morgan fingerprint density at radius 1 is 1.27 bits per heavy atom. The molecule has 0 spiro atoms. The van der Waals surface area contributed by atoms with Gasteiger partial charge in [-0.15, -0.1) is 0 Å². The third-order valence-corrected chi connectivity index (χ3v) is 6.88. The monoisotopic (exact) mass is 459 g/mol. The molecule has 2 heterocycles. The van der Waals surface area contributed by atoms with Gasteiger partial charge in [0.25, 0.3) is 0 Å². The summed E-state index contributed by atoms with van der Waals surface area (Å²) < 4.78 is 51.9. The largest absolute Gasteiger partial charge is 0.507 e. The first kappa shape index (κ1) is 22.0. The number of pyridine rings is 1. The predicted octanol–water partition coefficient (Wildman–Crippen LogP) is -0.169. The summed E-state index contributed by atoms with van der Waals surface area (Å²) in [4.78, 5) is 11.6. The lowest BCUT2D eigenvalue weighted by atomic mass is 10.1. The second kappa shape index (κ2) is 8.55. The van der Waals surface area contributed by atoms with E-state index in [0.29, 0.717) is 4.73 Å². The first-order chi connectivity index (χ1) is 14.1. The molecule has 0 radical (unpaired) electrons. The molecule has 1 unspecified atom stereocenters. The summed E-state index contributed by atoms with van der Waals surface area (Å²) >= 11 is -2.10. The van der Waals surface area contributed by atoms with Crippen molar-refractivity contribution in [1.82, 2.24) is 4.31 Å². The molecule has 4 N–H and O–H groups in total.